The lowest BCUT2D eigenvalue weighted by Gasteiger charge is -2.17. The van der Waals surface area contributed by atoms with E-state index in [1.807, 2.05) is 19.2 Å². The summed E-state index contributed by atoms with van der Waals surface area (Å²) in [5, 5.41) is 3.57. The zero-order valence-corrected chi connectivity index (χ0v) is 11.5. The lowest BCUT2D eigenvalue weighted by molar-refractivity contribution is 0.509. The van der Waals surface area contributed by atoms with Crippen molar-refractivity contribution in [3.8, 4) is 0 Å². The van der Waals surface area contributed by atoms with Gasteiger partial charge in [0.05, 0.1) is 0 Å². The molecule has 19 heavy (non-hydrogen) atoms. The van der Waals surface area contributed by atoms with Gasteiger partial charge in [-0.25, -0.2) is 4.39 Å². The van der Waals surface area contributed by atoms with Gasteiger partial charge in [0, 0.05) is 29.0 Å². The van der Waals surface area contributed by atoms with Gasteiger partial charge in [0.25, 0.3) is 0 Å². The Morgan fingerprint density at radius 1 is 1.26 bits per heavy atom. The molecule has 1 aromatic carbocycles. The number of hydrogen-bond donors (Lipinski definition) is 1. The molecule has 0 aliphatic heterocycles. The largest absolute Gasteiger partial charge is 0.313 e. The van der Waals surface area contributed by atoms with Gasteiger partial charge >= 0.3 is 0 Å². The topological polar surface area (TPSA) is 24.9 Å². The molecule has 0 saturated carbocycles. The van der Waals surface area contributed by atoms with Crippen molar-refractivity contribution in [2.24, 2.45) is 0 Å². The Balaban J connectivity index is 2.08. The molecule has 4 heteroatoms. The van der Waals surface area contributed by atoms with Gasteiger partial charge < -0.3 is 5.32 Å². The van der Waals surface area contributed by atoms with Crippen molar-refractivity contribution in [1.29, 1.82) is 0 Å². The Morgan fingerprint density at radius 2 is 2.00 bits per heavy atom. The van der Waals surface area contributed by atoms with Crippen LogP contribution in [0.5, 0.6) is 0 Å². The maximum Gasteiger partial charge on any atom is 0.129 e. The highest BCUT2D eigenvalue weighted by atomic mass is 35.5. The fourth-order valence-corrected chi connectivity index (χ4v) is 2.26. The number of aromatic nitrogens is 1. The zero-order valence-electron chi connectivity index (χ0n) is 10.7. The maximum atomic E-state index is 13.9. The van der Waals surface area contributed by atoms with Crippen molar-refractivity contribution in [2.75, 3.05) is 7.05 Å². The van der Waals surface area contributed by atoms with E-state index in [1.165, 1.54) is 11.6 Å². The van der Waals surface area contributed by atoms with Gasteiger partial charge in [0.15, 0.2) is 0 Å². The normalized spacial score (nSPS) is 12.4. The monoisotopic (exact) mass is 278 g/mol. The summed E-state index contributed by atoms with van der Waals surface area (Å²) in [6, 6.07) is 8.75. The van der Waals surface area contributed by atoms with Gasteiger partial charge in [-0.3, -0.25) is 4.98 Å². The van der Waals surface area contributed by atoms with Crippen molar-refractivity contribution < 1.29 is 4.39 Å². The summed E-state index contributed by atoms with van der Waals surface area (Å²) in [6.45, 7) is 0. The van der Waals surface area contributed by atoms with Crippen molar-refractivity contribution in [1.82, 2.24) is 10.3 Å². The van der Waals surface area contributed by atoms with E-state index in [1.54, 1.807) is 24.5 Å². The maximum absolute atomic E-state index is 13.9. The Hall–Kier alpha value is -1.45. The minimum atomic E-state index is -0.262. The predicted octanol–water partition coefficient (Wildman–Crippen LogP) is 3.77. The van der Waals surface area contributed by atoms with Crippen LogP contribution in [-0.4, -0.2) is 12.0 Å². The number of nitrogens with one attached hydrogen (secondary N) is 1. The highest BCUT2D eigenvalue weighted by Gasteiger charge is 2.14. The molecule has 1 N–H and O–H groups in total. The van der Waals surface area contributed by atoms with E-state index >= 15 is 0 Å². The van der Waals surface area contributed by atoms with Crippen LogP contribution in [0.15, 0.2) is 42.7 Å². The van der Waals surface area contributed by atoms with Gasteiger partial charge in [0.1, 0.15) is 5.82 Å². The lowest BCUT2D eigenvalue weighted by atomic mass is 9.99. The lowest BCUT2D eigenvalue weighted by Crippen LogP contribution is -2.18. The molecule has 0 saturated heterocycles. The van der Waals surface area contributed by atoms with E-state index in [0.717, 1.165) is 12.8 Å². The van der Waals surface area contributed by atoms with Crippen molar-refractivity contribution in [3.63, 3.8) is 0 Å². The van der Waals surface area contributed by atoms with Crippen LogP contribution in [0.1, 0.15) is 23.6 Å². The average Bonchev–Trinajstić information content (AvgIpc) is 2.42. The number of hydrogen-bond acceptors (Lipinski definition) is 2. The SMILES string of the molecule is CNC(CCc1ccncc1)c1ccc(Cl)cc1F. The summed E-state index contributed by atoms with van der Waals surface area (Å²) >= 11 is 5.77. The first-order valence-electron chi connectivity index (χ1n) is 6.22. The molecule has 0 spiro atoms. The molecule has 2 nitrogen and oxygen atoms in total. The minimum Gasteiger partial charge on any atom is -0.313 e. The second kappa shape index (κ2) is 6.64. The van der Waals surface area contributed by atoms with Crippen LogP contribution in [0.4, 0.5) is 4.39 Å². The predicted molar refractivity (Wildman–Crippen MR) is 75.8 cm³/mol. The average molecular weight is 279 g/mol. The molecule has 100 valence electrons. The molecule has 2 aromatic rings. The highest BCUT2D eigenvalue weighted by molar-refractivity contribution is 6.30. The van der Waals surface area contributed by atoms with Gasteiger partial charge in [-0.2, -0.15) is 0 Å². The van der Waals surface area contributed by atoms with Crippen LogP contribution in [0.2, 0.25) is 5.02 Å². The number of rotatable bonds is 5. The summed E-state index contributed by atoms with van der Waals surface area (Å²) in [4.78, 5) is 3.98. The smallest absolute Gasteiger partial charge is 0.129 e. The van der Waals surface area contributed by atoms with Gasteiger partial charge in [-0.1, -0.05) is 17.7 Å². The molecule has 0 aliphatic rings. The Morgan fingerprint density at radius 3 is 2.63 bits per heavy atom. The third-order valence-electron chi connectivity index (χ3n) is 3.16. The molecule has 0 aliphatic carbocycles. The molecule has 0 bridgehead atoms. The van der Waals surface area contributed by atoms with Crippen LogP contribution in [-0.2, 0) is 6.42 Å². The van der Waals surface area contributed by atoms with Gasteiger partial charge in [-0.05, 0) is 49.7 Å². The number of pyridine rings is 1. The van der Waals surface area contributed by atoms with E-state index in [9.17, 15) is 4.39 Å². The molecule has 1 unspecified atom stereocenters. The van der Waals surface area contributed by atoms with E-state index in [-0.39, 0.29) is 11.9 Å². The molecule has 1 atom stereocenters. The number of nitrogens with zero attached hydrogens (tertiary/aromatic N) is 1. The summed E-state index contributed by atoms with van der Waals surface area (Å²) in [5.41, 5.74) is 1.85. The van der Waals surface area contributed by atoms with Crippen LogP contribution in [0.25, 0.3) is 0 Å². The third kappa shape index (κ3) is 3.75. The van der Waals surface area contributed by atoms with Crippen molar-refractivity contribution in [2.45, 2.75) is 18.9 Å². The first-order chi connectivity index (χ1) is 9.20. The van der Waals surface area contributed by atoms with E-state index < -0.39 is 0 Å². The van der Waals surface area contributed by atoms with Crippen LogP contribution < -0.4 is 5.32 Å². The molecule has 1 heterocycles. The van der Waals surface area contributed by atoms with Crippen LogP contribution >= 0.6 is 11.6 Å². The molecule has 0 radical (unpaired) electrons. The number of benzene rings is 1. The molecule has 0 fully saturated rings. The second-order valence-electron chi connectivity index (χ2n) is 4.40. The molecular formula is C15H16ClFN2. The fourth-order valence-electron chi connectivity index (χ4n) is 2.10. The standard InChI is InChI=1S/C15H16ClFN2/c1-18-15(5-2-11-6-8-19-9-7-11)13-4-3-12(16)10-14(13)17/h3-4,6-10,15,18H,2,5H2,1H3. The van der Waals surface area contributed by atoms with E-state index in [0.29, 0.717) is 10.6 Å². The number of aryl methyl sites for hydroxylation is 1. The summed E-state index contributed by atoms with van der Waals surface area (Å²) in [7, 11) is 1.84. The van der Waals surface area contributed by atoms with Crippen molar-refractivity contribution in [3.05, 3.63) is 64.7 Å². The number of halogens is 2. The first kappa shape index (κ1) is 14.0. The minimum absolute atomic E-state index is 0.0227. The van der Waals surface area contributed by atoms with Gasteiger partial charge in [-0.15, -0.1) is 0 Å². The molecular weight excluding hydrogens is 263 g/mol. The fraction of sp³-hybridized carbons (Fsp3) is 0.267. The quantitative estimate of drug-likeness (QED) is 0.901. The van der Waals surface area contributed by atoms with Crippen LogP contribution in [0, 0.1) is 5.82 Å². The Kier molecular flexibility index (Phi) is 4.88. The zero-order chi connectivity index (χ0) is 13.7. The molecule has 2 rings (SSSR count). The second-order valence-corrected chi connectivity index (χ2v) is 4.84. The summed E-state index contributed by atoms with van der Waals surface area (Å²) in [5.74, 6) is -0.262. The van der Waals surface area contributed by atoms with E-state index in [4.69, 9.17) is 11.6 Å². The highest BCUT2D eigenvalue weighted by Crippen LogP contribution is 2.24. The first-order valence-corrected chi connectivity index (χ1v) is 6.59. The Labute approximate surface area is 117 Å². The molecule has 0 amide bonds. The van der Waals surface area contributed by atoms with Crippen LogP contribution in [0.3, 0.4) is 0 Å². The summed E-state index contributed by atoms with van der Waals surface area (Å²) < 4.78 is 13.9. The van der Waals surface area contributed by atoms with Crippen molar-refractivity contribution >= 4 is 11.6 Å². The van der Waals surface area contributed by atoms with Gasteiger partial charge in [0.2, 0.25) is 0 Å². The van der Waals surface area contributed by atoms with E-state index in [2.05, 4.69) is 10.3 Å². The summed E-state index contributed by atoms with van der Waals surface area (Å²) in [6.07, 6.45) is 5.23. The third-order valence-corrected chi connectivity index (χ3v) is 3.39. The Bertz CT molecular complexity index is 531. The molecule has 1 aromatic heterocycles.